The first-order valence-electron chi connectivity index (χ1n) is 8.72. The zero-order valence-electron chi connectivity index (χ0n) is 15.6. The lowest BCUT2D eigenvalue weighted by Gasteiger charge is -2.09. The van der Waals surface area contributed by atoms with E-state index in [1.54, 1.807) is 36.5 Å². The van der Waals surface area contributed by atoms with Crippen molar-refractivity contribution in [2.45, 2.75) is 6.92 Å². The lowest BCUT2D eigenvalue weighted by atomic mass is 10.2. The van der Waals surface area contributed by atoms with Crippen LogP contribution in [0.1, 0.15) is 11.1 Å². The van der Waals surface area contributed by atoms with Crippen molar-refractivity contribution < 1.29 is 14.4 Å². The highest BCUT2D eigenvalue weighted by atomic mass is 79.9. The Morgan fingerprint density at radius 1 is 1.17 bits per heavy atom. The third-order valence-corrected chi connectivity index (χ3v) is 4.69. The monoisotopic (exact) mass is 454 g/mol. The summed E-state index contributed by atoms with van der Waals surface area (Å²) < 4.78 is 6.71. The van der Waals surface area contributed by atoms with Gasteiger partial charge in [-0.2, -0.15) is 0 Å². The Morgan fingerprint density at radius 3 is 2.72 bits per heavy atom. The van der Waals surface area contributed by atoms with Crippen molar-refractivity contribution in [3.63, 3.8) is 0 Å². The van der Waals surface area contributed by atoms with E-state index in [9.17, 15) is 4.79 Å². The van der Waals surface area contributed by atoms with Gasteiger partial charge in [0.1, 0.15) is 5.75 Å². The van der Waals surface area contributed by atoms with E-state index >= 15 is 0 Å². The maximum absolute atomic E-state index is 12.0. The number of amidine groups is 1. The van der Waals surface area contributed by atoms with Crippen molar-refractivity contribution in [2.24, 2.45) is 10.9 Å². The number of amides is 1. The average molecular weight is 455 g/mol. The van der Waals surface area contributed by atoms with Crippen LogP contribution < -0.4 is 15.8 Å². The molecule has 148 valence electrons. The highest BCUT2D eigenvalue weighted by Crippen LogP contribution is 2.22. The Balaban J connectivity index is 1.61. The van der Waals surface area contributed by atoms with Crippen LogP contribution in [0.4, 0.5) is 5.69 Å². The second-order valence-electron chi connectivity index (χ2n) is 6.03. The van der Waals surface area contributed by atoms with Gasteiger partial charge in [0.05, 0.1) is 5.56 Å². The predicted octanol–water partition coefficient (Wildman–Crippen LogP) is 4.22. The van der Waals surface area contributed by atoms with Crippen LogP contribution >= 0.6 is 15.9 Å². The Morgan fingerprint density at radius 2 is 1.97 bits per heavy atom. The summed E-state index contributed by atoms with van der Waals surface area (Å²) in [4.78, 5) is 21.3. The molecule has 3 N–H and O–H groups in total. The van der Waals surface area contributed by atoms with Crippen molar-refractivity contribution in [3.8, 4) is 11.6 Å². The summed E-state index contributed by atoms with van der Waals surface area (Å²) in [6.07, 6.45) is 1.59. The number of carbonyl (C=O) groups is 1. The molecule has 1 heterocycles. The van der Waals surface area contributed by atoms with E-state index in [-0.39, 0.29) is 18.3 Å². The van der Waals surface area contributed by atoms with Gasteiger partial charge < -0.3 is 20.6 Å². The molecule has 7 nitrogen and oxygen atoms in total. The van der Waals surface area contributed by atoms with Gasteiger partial charge in [0, 0.05) is 16.4 Å². The van der Waals surface area contributed by atoms with Gasteiger partial charge in [-0.3, -0.25) is 4.79 Å². The molecule has 8 heteroatoms. The van der Waals surface area contributed by atoms with Gasteiger partial charge in [-0.25, -0.2) is 4.98 Å². The number of benzene rings is 2. The van der Waals surface area contributed by atoms with Gasteiger partial charge in [0.2, 0.25) is 5.88 Å². The number of oxime groups is 1. The summed E-state index contributed by atoms with van der Waals surface area (Å²) in [7, 11) is 0. The Labute approximate surface area is 176 Å². The number of hydrogen-bond acceptors (Lipinski definition) is 5. The molecule has 0 aliphatic heterocycles. The van der Waals surface area contributed by atoms with Gasteiger partial charge in [-0.1, -0.05) is 39.3 Å². The fourth-order valence-electron chi connectivity index (χ4n) is 2.40. The smallest absolute Gasteiger partial charge is 0.265 e. The topological polar surface area (TPSA) is 98.8 Å². The number of halogens is 1. The number of rotatable bonds is 7. The number of para-hydroxylation sites is 1. The van der Waals surface area contributed by atoms with E-state index in [1.807, 2.05) is 37.3 Å². The minimum Gasteiger partial charge on any atom is -0.438 e. The Hall–Kier alpha value is -3.39. The molecule has 0 saturated carbocycles. The molecule has 1 aromatic heterocycles. The van der Waals surface area contributed by atoms with Gasteiger partial charge in [-0.05, 0) is 55.0 Å². The van der Waals surface area contributed by atoms with E-state index in [1.165, 1.54) is 0 Å². The molecule has 0 spiro atoms. The number of nitrogens with two attached hydrogens (primary N) is 1. The van der Waals surface area contributed by atoms with E-state index in [0.717, 1.165) is 10.0 Å². The first-order chi connectivity index (χ1) is 14.0. The van der Waals surface area contributed by atoms with Crippen molar-refractivity contribution in [3.05, 3.63) is 82.5 Å². The minimum absolute atomic E-state index is 0.0521. The molecule has 0 fully saturated rings. The average Bonchev–Trinajstić information content (AvgIpc) is 2.72. The van der Waals surface area contributed by atoms with E-state index in [2.05, 4.69) is 31.4 Å². The number of aromatic nitrogens is 1. The van der Waals surface area contributed by atoms with Crippen LogP contribution in [0.5, 0.6) is 11.6 Å². The molecule has 0 aliphatic rings. The number of pyridine rings is 1. The molecule has 2 aromatic carbocycles. The van der Waals surface area contributed by atoms with Crippen molar-refractivity contribution in [1.29, 1.82) is 0 Å². The van der Waals surface area contributed by atoms with Gasteiger partial charge in [0.25, 0.3) is 5.91 Å². The minimum atomic E-state index is -0.352. The first-order valence-corrected chi connectivity index (χ1v) is 9.52. The third kappa shape index (κ3) is 5.79. The molecule has 0 bridgehead atoms. The van der Waals surface area contributed by atoms with Crippen LogP contribution in [0.2, 0.25) is 0 Å². The molecule has 0 aliphatic carbocycles. The normalized spacial score (nSPS) is 11.0. The number of hydrogen-bond donors (Lipinski definition) is 2. The molecule has 0 saturated heterocycles. The number of nitrogens with zero attached hydrogens (tertiary/aromatic N) is 2. The summed E-state index contributed by atoms with van der Waals surface area (Å²) in [6.45, 7) is 1.65. The largest absolute Gasteiger partial charge is 0.438 e. The first kappa shape index (κ1) is 20.3. The SMILES string of the molecule is Cc1cc(NC(=O)CO/N=C(/N)c2cccnc2Oc2ccccc2)ccc1Br. The lowest BCUT2D eigenvalue weighted by molar-refractivity contribution is -0.120. The second kappa shape index (κ2) is 9.70. The molecule has 3 aromatic rings. The highest BCUT2D eigenvalue weighted by molar-refractivity contribution is 9.10. The second-order valence-corrected chi connectivity index (χ2v) is 6.89. The lowest BCUT2D eigenvalue weighted by Crippen LogP contribution is -2.20. The molecule has 0 atom stereocenters. The summed E-state index contributed by atoms with van der Waals surface area (Å²) in [6, 6.07) is 18.1. The maximum Gasteiger partial charge on any atom is 0.265 e. The zero-order valence-corrected chi connectivity index (χ0v) is 17.2. The number of ether oxygens (including phenoxy) is 1. The van der Waals surface area contributed by atoms with Gasteiger partial charge in [-0.15, -0.1) is 0 Å². The zero-order chi connectivity index (χ0) is 20.6. The number of anilines is 1. The molecule has 0 unspecified atom stereocenters. The summed E-state index contributed by atoms with van der Waals surface area (Å²) in [5, 5.41) is 6.55. The number of aryl methyl sites for hydroxylation is 1. The Kier molecular flexibility index (Phi) is 6.80. The molecule has 3 rings (SSSR count). The molecular formula is C21H19BrN4O3. The number of nitrogens with one attached hydrogen (secondary N) is 1. The van der Waals surface area contributed by atoms with Crippen LogP contribution in [0, 0.1) is 6.92 Å². The van der Waals surface area contributed by atoms with Crippen LogP contribution in [0.3, 0.4) is 0 Å². The summed E-state index contributed by atoms with van der Waals surface area (Å²) >= 11 is 3.42. The summed E-state index contributed by atoms with van der Waals surface area (Å²) in [5.41, 5.74) is 8.13. The molecule has 1 amide bonds. The van der Waals surface area contributed by atoms with Crippen LogP contribution in [0.15, 0.2) is 76.5 Å². The third-order valence-electron chi connectivity index (χ3n) is 3.81. The fraction of sp³-hybridized carbons (Fsp3) is 0.0952. The maximum atomic E-state index is 12.0. The van der Waals surface area contributed by atoms with Crippen molar-refractivity contribution >= 4 is 33.4 Å². The summed E-state index contributed by atoms with van der Waals surface area (Å²) in [5.74, 6) is 0.607. The van der Waals surface area contributed by atoms with Gasteiger partial charge >= 0.3 is 0 Å². The standard InChI is InChI=1S/C21H19BrN4O3/c1-14-12-15(9-10-18(14)22)25-19(27)13-28-26-20(23)17-8-5-11-24-21(17)29-16-6-3-2-4-7-16/h2-12H,13H2,1H3,(H2,23,26)(H,25,27). The predicted molar refractivity (Wildman–Crippen MR) is 115 cm³/mol. The van der Waals surface area contributed by atoms with E-state index < -0.39 is 0 Å². The molecular weight excluding hydrogens is 436 g/mol. The molecule has 29 heavy (non-hydrogen) atoms. The number of carbonyl (C=O) groups excluding carboxylic acids is 1. The van der Waals surface area contributed by atoms with E-state index in [4.69, 9.17) is 15.3 Å². The fourth-order valence-corrected chi connectivity index (χ4v) is 2.64. The van der Waals surface area contributed by atoms with Crippen LogP contribution in [0.25, 0.3) is 0 Å². The van der Waals surface area contributed by atoms with E-state index in [0.29, 0.717) is 22.9 Å². The van der Waals surface area contributed by atoms with Crippen molar-refractivity contribution in [1.82, 2.24) is 4.98 Å². The molecule has 0 radical (unpaired) electrons. The van der Waals surface area contributed by atoms with Crippen molar-refractivity contribution in [2.75, 3.05) is 11.9 Å². The quantitative estimate of drug-likeness (QED) is 0.316. The highest BCUT2D eigenvalue weighted by Gasteiger charge is 2.11. The van der Waals surface area contributed by atoms with Crippen LogP contribution in [-0.2, 0) is 9.63 Å². The van der Waals surface area contributed by atoms with Gasteiger partial charge in [0.15, 0.2) is 12.4 Å². The Bertz CT molecular complexity index is 1030. The van der Waals surface area contributed by atoms with Crippen LogP contribution in [-0.4, -0.2) is 23.3 Å².